The predicted octanol–water partition coefficient (Wildman–Crippen LogP) is 9.16. The van der Waals surface area contributed by atoms with Gasteiger partial charge in [-0.25, -0.2) is 0 Å². The fourth-order valence-corrected chi connectivity index (χ4v) is 6.17. The first-order valence-corrected chi connectivity index (χ1v) is 14.7. The van der Waals surface area contributed by atoms with E-state index in [4.69, 9.17) is 5.10 Å². The Bertz CT molecular complexity index is 1780. The molecule has 2 heterocycles. The molecule has 41 heavy (non-hydrogen) atoms. The molecule has 0 fully saturated rings. The average Bonchev–Trinajstić information content (AvgIpc) is 3.61. The molecule has 0 amide bonds. The van der Waals surface area contributed by atoms with Crippen molar-refractivity contribution in [3.05, 3.63) is 150 Å². The van der Waals surface area contributed by atoms with E-state index in [0.717, 1.165) is 24.4 Å². The van der Waals surface area contributed by atoms with Crippen molar-refractivity contribution >= 4 is 39.6 Å². The fraction of sp³-hybridized carbons (Fsp3) is 0.158. The number of hydrogen-bond donors (Lipinski definition) is 0. The van der Waals surface area contributed by atoms with Gasteiger partial charge in [-0.2, -0.15) is 9.68 Å². The van der Waals surface area contributed by atoms with Gasteiger partial charge >= 0.3 is 0 Å². The van der Waals surface area contributed by atoms with Crippen LogP contribution in [0.2, 0.25) is 0 Å². The Labute approximate surface area is 242 Å². The van der Waals surface area contributed by atoms with E-state index in [1.165, 1.54) is 57.3 Å². The third-order valence-corrected chi connectivity index (χ3v) is 8.27. The van der Waals surface area contributed by atoms with Crippen molar-refractivity contribution in [1.29, 1.82) is 0 Å². The van der Waals surface area contributed by atoms with Crippen molar-refractivity contribution in [2.45, 2.75) is 32.2 Å². The summed E-state index contributed by atoms with van der Waals surface area (Å²) in [6.07, 6.45) is 7.78. The van der Waals surface area contributed by atoms with Crippen LogP contribution in [0, 0.1) is 0 Å². The molecule has 3 nitrogen and oxygen atoms in total. The summed E-state index contributed by atoms with van der Waals surface area (Å²) in [7, 11) is 0. The quantitative estimate of drug-likeness (QED) is 0.182. The van der Waals surface area contributed by atoms with Crippen molar-refractivity contribution in [1.82, 2.24) is 0 Å². The van der Waals surface area contributed by atoms with Crippen LogP contribution in [0.3, 0.4) is 0 Å². The molecule has 5 aromatic rings. The standard InChI is InChI=1S/C38H34N3/c1-2-3-26-40-35(33-18-10-16-31-17-11-19-36(40)38(31)33)25-22-28-20-23-32(24-21-28)41-37(30-14-8-5-9-15-30)27-34(39-41)29-12-6-4-7-13-29/h4-25,37H,2-3,26-27H2,1H3/q+1. The van der Waals surface area contributed by atoms with Crippen LogP contribution in [-0.4, -0.2) is 22.5 Å². The van der Waals surface area contributed by atoms with Gasteiger partial charge in [-0.3, -0.25) is 5.01 Å². The van der Waals surface area contributed by atoms with E-state index in [0.29, 0.717) is 0 Å². The third kappa shape index (κ3) is 4.78. The van der Waals surface area contributed by atoms with E-state index < -0.39 is 0 Å². The molecule has 2 aliphatic heterocycles. The highest BCUT2D eigenvalue weighted by molar-refractivity contribution is 6.20. The highest BCUT2D eigenvalue weighted by atomic mass is 15.5. The van der Waals surface area contributed by atoms with E-state index in [-0.39, 0.29) is 6.04 Å². The fourth-order valence-electron chi connectivity index (χ4n) is 6.17. The molecule has 0 bridgehead atoms. The second-order valence-electron chi connectivity index (χ2n) is 10.9. The minimum atomic E-state index is 0.174. The van der Waals surface area contributed by atoms with E-state index in [1.807, 2.05) is 0 Å². The van der Waals surface area contributed by atoms with Gasteiger partial charge in [-0.15, -0.1) is 0 Å². The maximum absolute atomic E-state index is 5.13. The molecule has 1 atom stereocenters. The van der Waals surface area contributed by atoms with Crippen LogP contribution in [0.15, 0.2) is 133 Å². The number of hydrogen-bond acceptors (Lipinski definition) is 2. The molecule has 2 aliphatic rings. The van der Waals surface area contributed by atoms with Crippen LogP contribution < -0.4 is 5.01 Å². The zero-order chi connectivity index (χ0) is 27.6. The summed E-state index contributed by atoms with van der Waals surface area (Å²) in [5, 5.41) is 10.0. The van der Waals surface area contributed by atoms with E-state index in [1.54, 1.807) is 0 Å². The molecule has 1 unspecified atom stereocenters. The topological polar surface area (TPSA) is 18.6 Å². The van der Waals surface area contributed by atoms with Crippen LogP contribution >= 0.6 is 0 Å². The number of allylic oxidation sites excluding steroid dienone is 1. The predicted molar refractivity (Wildman–Crippen MR) is 172 cm³/mol. The van der Waals surface area contributed by atoms with Crippen LogP contribution in [0.25, 0.3) is 16.8 Å². The molecule has 3 heteroatoms. The summed E-state index contributed by atoms with van der Waals surface area (Å²) in [5.41, 5.74) is 9.83. The normalized spacial score (nSPS) is 16.3. The molecule has 5 aromatic carbocycles. The first kappa shape index (κ1) is 25.2. The Balaban J connectivity index is 1.20. The minimum absolute atomic E-state index is 0.174. The molecule has 0 saturated heterocycles. The van der Waals surface area contributed by atoms with Crippen LogP contribution in [0.1, 0.15) is 54.5 Å². The lowest BCUT2D eigenvalue weighted by atomic mass is 9.98. The summed E-state index contributed by atoms with van der Waals surface area (Å²) < 4.78 is 2.50. The van der Waals surface area contributed by atoms with Crippen LogP contribution in [0.4, 0.5) is 11.4 Å². The van der Waals surface area contributed by atoms with Gasteiger partial charge in [-0.1, -0.05) is 110 Å². The average molecular weight is 533 g/mol. The smallest absolute Gasteiger partial charge is 0.214 e. The number of anilines is 1. The lowest BCUT2D eigenvalue weighted by molar-refractivity contribution is -0.436. The zero-order valence-corrected chi connectivity index (χ0v) is 23.4. The number of benzene rings is 5. The molecule has 0 N–H and O–H groups in total. The summed E-state index contributed by atoms with van der Waals surface area (Å²) in [6, 6.07) is 43.6. The SMILES string of the molecule is CCCC[N+]1=C(/C=C/c2ccc(N3N=C(c4ccccc4)CC3c3ccccc3)cc2)c2cccc3cccc1c23. The maximum Gasteiger partial charge on any atom is 0.214 e. The van der Waals surface area contributed by atoms with Crippen molar-refractivity contribution in [2.24, 2.45) is 5.10 Å². The van der Waals surface area contributed by atoms with E-state index in [9.17, 15) is 0 Å². The van der Waals surface area contributed by atoms with Gasteiger partial charge in [0, 0.05) is 25.0 Å². The van der Waals surface area contributed by atoms with Gasteiger partial charge < -0.3 is 0 Å². The Hall–Kier alpha value is -4.76. The number of hydrazone groups is 1. The largest absolute Gasteiger partial charge is 0.257 e. The molecular formula is C38H34N3+. The Morgan fingerprint density at radius 2 is 1.51 bits per heavy atom. The lowest BCUT2D eigenvalue weighted by Crippen LogP contribution is -2.18. The molecule has 0 saturated carbocycles. The number of nitrogens with zero attached hydrogens (tertiary/aromatic N) is 3. The monoisotopic (exact) mass is 532 g/mol. The van der Waals surface area contributed by atoms with Crippen molar-refractivity contribution < 1.29 is 4.58 Å². The first-order chi connectivity index (χ1) is 20.3. The summed E-state index contributed by atoms with van der Waals surface area (Å²) >= 11 is 0. The molecule has 0 radical (unpaired) electrons. The van der Waals surface area contributed by atoms with E-state index >= 15 is 0 Å². The van der Waals surface area contributed by atoms with Gasteiger partial charge in [0.25, 0.3) is 0 Å². The second-order valence-corrected chi connectivity index (χ2v) is 10.9. The highest BCUT2D eigenvalue weighted by Crippen LogP contribution is 2.38. The Morgan fingerprint density at radius 1 is 0.780 bits per heavy atom. The van der Waals surface area contributed by atoms with Crippen molar-refractivity contribution in [3.8, 4) is 0 Å². The molecule has 200 valence electrons. The first-order valence-electron chi connectivity index (χ1n) is 14.7. The van der Waals surface area contributed by atoms with Crippen molar-refractivity contribution in [2.75, 3.05) is 11.6 Å². The van der Waals surface area contributed by atoms with Gasteiger partial charge in [0.2, 0.25) is 11.4 Å². The maximum atomic E-state index is 5.13. The molecule has 0 spiro atoms. The van der Waals surface area contributed by atoms with Crippen molar-refractivity contribution in [3.63, 3.8) is 0 Å². The van der Waals surface area contributed by atoms with Gasteiger partial charge in [-0.05, 0) is 46.4 Å². The zero-order valence-electron chi connectivity index (χ0n) is 23.4. The molecule has 7 rings (SSSR count). The highest BCUT2D eigenvalue weighted by Gasteiger charge is 2.31. The Morgan fingerprint density at radius 3 is 2.27 bits per heavy atom. The van der Waals surface area contributed by atoms with Gasteiger partial charge in [0.1, 0.15) is 6.54 Å². The van der Waals surface area contributed by atoms with E-state index in [2.05, 4.69) is 150 Å². The van der Waals surface area contributed by atoms with Gasteiger partial charge in [0.05, 0.1) is 28.4 Å². The molecule has 0 aliphatic carbocycles. The number of unbranched alkanes of at least 4 members (excludes halogenated alkanes) is 1. The third-order valence-electron chi connectivity index (χ3n) is 8.27. The minimum Gasteiger partial charge on any atom is -0.257 e. The van der Waals surface area contributed by atoms with Gasteiger partial charge in [0.15, 0.2) is 0 Å². The molecule has 0 aromatic heterocycles. The second kappa shape index (κ2) is 11.0. The summed E-state index contributed by atoms with van der Waals surface area (Å²) in [5.74, 6) is 0. The Kier molecular flexibility index (Phi) is 6.78. The lowest BCUT2D eigenvalue weighted by Gasteiger charge is -2.24. The molecular weight excluding hydrogens is 498 g/mol. The van der Waals surface area contributed by atoms with Crippen LogP contribution in [0.5, 0.6) is 0 Å². The summed E-state index contributed by atoms with van der Waals surface area (Å²) in [6.45, 7) is 3.29. The number of rotatable bonds is 8. The van der Waals surface area contributed by atoms with Crippen LogP contribution in [-0.2, 0) is 0 Å². The summed E-state index contributed by atoms with van der Waals surface area (Å²) in [4.78, 5) is 0.